The summed E-state index contributed by atoms with van der Waals surface area (Å²) in [7, 11) is -2.59. The summed E-state index contributed by atoms with van der Waals surface area (Å²) in [6, 6.07) is 15.5. The van der Waals surface area contributed by atoms with Gasteiger partial charge >= 0.3 is 0 Å². The number of ether oxygens (including phenoxy) is 1. The van der Waals surface area contributed by atoms with Gasteiger partial charge in [0.2, 0.25) is 5.91 Å². The van der Waals surface area contributed by atoms with Crippen LogP contribution in [0.2, 0.25) is 0 Å². The van der Waals surface area contributed by atoms with Crippen molar-refractivity contribution in [1.29, 1.82) is 0 Å². The second-order valence-electron chi connectivity index (χ2n) is 8.75. The monoisotopic (exact) mass is 456 g/mol. The van der Waals surface area contributed by atoms with Crippen molar-refractivity contribution in [1.82, 2.24) is 9.62 Å². The molecule has 1 N–H and O–H groups in total. The molecule has 7 nitrogen and oxygen atoms in total. The van der Waals surface area contributed by atoms with E-state index in [1.165, 1.54) is 31.4 Å². The molecular formula is C24H28N2O5S. The Morgan fingerprint density at radius 2 is 1.59 bits per heavy atom. The average Bonchev–Trinajstić information content (AvgIpc) is 3.29. The van der Waals surface area contributed by atoms with Gasteiger partial charge in [0.1, 0.15) is 11.3 Å². The lowest BCUT2D eigenvalue weighted by Gasteiger charge is -2.52. The first-order chi connectivity index (χ1) is 15.2. The number of methoxy groups -OCH3 is 1. The van der Waals surface area contributed by atoms with E-state index in [-0.39, 0.29) is 10.8 Å². The molecule has 8 heteroatoms. The zero-order chi connectivity index (χ0) is 23.0. The minimum Gasteiger partial charge on any atom is -0.497 e. The van der Waals surface area contributed by atoms with E-state index < -0.39 is 26.9 Å². The number of amides is 2. The van der Waals surface area contributed by atoms with E-state index in [0.717, 1.165) is 31.2 Å². The Bertz CT molecular complexity index is 1110. The first-order valence-corrected chi connectivity index (χ1v) is 12.3. The molecule has 2 aromatic carbocycles. The highest BCUT2D eigenvalue weighted by Crippen LogP contribution is 2.46. The average molecular weight is 457 g/mol. The van der Waals surface area contributed by atoms with Gasteiger partial charge in [0, 0.05) is 6.54 Å². The van der Waals surface area contributed by atoms with Crippen molar-refractivity contribution in [2.75, 3.05) is 13.7 Å². The first kappa shape index (κ1) is 22.3. The van der Waals surface area contributed by atoms with E-state index in [1.807, 2.05) is 30.3 Å². The van der Waals surface area contributed by atoms with Crippen molar-refractivity contribution in [3.05, 3.63) is 60.2 Å². The van der Waals surface area contributed by atoms with Crippen LogP contribution in [0.15, 0.2) is 59.5 Å². The Kier molecular flexibility index (Phi) is 5.75. The normalized spacial score (nSPS) is 22.1. The second kappa shape index (κ2) is 8.24. The third-order valence-electron chi connectivity index (χ3n) is 6.94. The maximum atomic E-state index is 13.8. The molecular weight excluding hydrogens is 428 g/mol. The van der Waals surface area contributed by atoms with Gasteiger partial charge in [-0.15, -0.1) is 0 Å². The Morgan fingerprint density at radius 1 is 0.969 bits per heavy atom. The molecule has 0 aromatic heterocycles. The number of benzene rings is 2. The van der Waals surface area contributed by atoms with Crippen LogP contribution >= 0.6 is 0 Å². The van der Waals surface area contributed by atoms with Gasteiger partial charge in [-0.3, -0.25) is 9.59 Å². The third kappa shape index (κ3) is 3.66. The summed E-state index contributed by atoms with van der Waals surface area (Å²) in [5, 5.41) is 0. The smallest absolute Gasteiger partial charge is 0.264 e. The molecule has 0 spiro atoms. The first-order valence-electron chi connectivity index (χ1n) is 10.8. The molecule has 1 heterocycles. The van der Waals surface area contributed by atoms with E-state index in [1.54, 1.807) is 11.8 Å². The molecule has 1 aliphatic heterocycles. The summed E-state index contributed by atoms with van der Waals surface area (Å²) in [4.78, 5) is 28.4. The number of rotatable bonds is 6. The van der Waals surface area contributed by atoms with Crippen molar-refractivity contribution in [2.24, 2.45) is 0 Å². The molecule has 1 saturated heterocycles. The van der Waals surface area contributed by atoms with Crippen molar-refractivity contribution in [2.45, 2.75) is 54.9 Å². The standard InChI is InChI=1S/C24H28N2O5S/c1-23(21(27)25-32(29,30)20-12-10-19(31-2)11-13-20)16-17-26(23)22(28)24(14-6-7-15-24)18-8-4-3-5-9-18/h3-5,8-13H,6-7,14-17H2,1-2H3,(H,25,27). The SMILES string of the molecule is COc1ccc(S(=O)(=O)NC(=O)C2(C)CCN2C(=O)C2(c3ccccc3)CCCC2)cc1. The van der Waals surface area contributed by atoms with Crippen LogP contribution in [0.3, 0.4) is 0 Å². The van der Waals surface area contributed by atoms with Gasteiger partial charge < -0.3 is 9.64 Å². The molecule has 1 saturated carbocycles. The number of likely N-dealkylation sites (tertiary alicyclic amines) is 1. The third-order valence-corrected chi connectivity index (χ3v) is 8.29. The number of carbonyl (C=O) groups is 2. The van der Waals surface area contributed by atoms with E-state index in [4.69, 9.17) is 4.74 Å². The van der Waals surface area contributed by atoms with Gasteiger partial charge in [-0.1, -0.05) is 43.2 Å². The minimum atomic E-state index is -4.07. The fourth-order valence-electron chi connectivity index (χ4n) is 4.79. The highest BCUT2D eigenvalue weighted by molar-refractivity contribution is 7.90. The zero-order valence-electron chi connectivity index (χ0n) is 18.3. The van der Waals surface area contributed by atoms with Crippen LogP contribution in [0, 0.1) is 0 Å². The van der Waals surface area contributed by atoms with E-state index in [9.17, 15) is 18.0 Å². The Morgan fingerprint density at radius 3 is 2.12 bits per heavy atom. The molecule has 32 heavy (non-hydrogen) atoms. The van der Waals surface area contributed by atoms with Crippen LogP contribution in [-0.4, -0.2) is 44.3 Å². The van der Waals surface area contributed by atoms with Gasteiger partial charge in [-0.05, 0) is 56.0 Å². The van der Waals surface area contributed by atoms with Gasteiger partial charge in [-0.25, -0.2) is 13.1 Å². The molecule has 2 aromatic rings. The minimum absolute atomic E-state index is 0.0380. The van der Waals surface area contributed by atoms with Crippen LogP contribution in [-0.2, 0) is 25.0 Å². The maximum Gasteiger partial charge on any atom is 0.264 e. The van der Waals surface area contributed by atoms with Crippen LogP contribution in [0.25, 0.3) is 0 Å². The Hall–Kier alpha value is -2.87. The second-order valence-corrected chi connectivity index (χ2v) is 10.4. The number of sulfonamides is 1. The van der Waals surface area contributed by atoms with Crippen LogP contribution < -0.4 is 9.46 Å². The lowest BCUT2D eigenvalue weighted by molar-refractivity contribution is -0.161. The van der Waals surface area contributed by atoms with Crippen LogP contribution in [0.1, 0.15) is 44.6 Å². The number of nitrogens with zero attached hydrogens (tertiary/aromatic N) is 1. The van der Waals surface area contributed by atoms with Crippen molar-refractivity contribution >= 4 is 21.8 Å². The van der Waals surface area contributed by atoms with Gasteiger partial charge in [-0.2, -0.15) is 0 Å². The zero-order valence-corrected chi connectivity index (χ0v) is 19.2. The molecule has 1 aliphatic carbocycles. The van der Waals surface area contributed by atoms with Crippen LogP contribution in [0.5, 0.6) is 5.75 Å². The Labute approximate surface area is 188 Å². The fraction of sp³-hybridized carbons (Fsp3) is 0.417. The Balaban J connectivity index is 1.56. The summed E-state index contributed by atoms with van der Waals surface area (Å²) in [6.07, 6.45) is 3.77. The van der Waals surface area contributed by atoms with Gasteiger partial charge in [0.15, 0.2) is 0 Å². The predicted octanol–water partition coefficient (Wildman–Crippen LogP) is 3.00. The van der Waals surface area contributed by atoms with E-state index in [2.05, 4.69) is 4.72 Å². The number of carbonyl (C=O) groups excluding carboxylic acids is 2. The maximum absolute atomic E-state index is 13.8. The van der Waals surface area contributed by atoms with Crippen molar-refractivity contribution in [3.63, 3.8) is 0 Å². The molecule has 0 bridgehead atoms. The summed E-state index contributed by atoms with van der Waals surface area (Å²) >= 11 is 0. The molecule has 2 fully saturated rings. The van der Waals surface area contributed by atoms with E-state index in [0.29, 0.717) is 18.7 Å². The summed E-state index contributed by atoms with van der Waals surface area (Å²) in [6.45, 7) is 2.07. The molecule has 1 atom stereocenters. The molecule has 4 rings (SSSR count). The largest absolute Gasteiger partial charge is 0.497 e. The van der Waals surface area contributed by atoms with E-state index >= 15 is 0 Å². The fourth-order valence-corrected chi connectivity index (χ4v) is 5.86. The number of nitrogens with one attached hydrogen (secondary N) is 1. The highest BCUT2D eigenvalue weighted by atomic mass is 32.2. The topological polar surface area (TPSA) is 92.8 Å². The predicted molar refractivity (Wildman–Crippen MR) is 120 cm³/mol. The van der Waals surface area contributed by atoms with Crippen LogP contribution in [0.4, 0.5) is 0 Å². The van der Waals surface area contributed by atoms with Crippen molar-refractivity contribution in [3.8, 4) is 5.75 Å². The molecule has 2 amide bonds. The highest BCUT2D eigenvalue weighted by Gasteiger charge is 2.56. The molecule has 0 radical (unpaired) electrons. The summed E-state index contributed by atoms with van der Waals surface area (Å²) < 4.78 is 32.8. The summed E-state index contributed by atoms with van der Waals surface area (Å²) in [5.74, 6) is -0.262. The molecule has 170 valence electrons. The van der Waals surface area contributed by atoms with Crippen molar-refractivity contribution < 1.29 is 22.7 Å². The lowest BCUT2D eigenvalue weighted by atomic mass is 9.74. The van der Waals surface area contributed by atoms with Gasteiger partial charge in [0.05, 0.1) is 17.4 Å². The molecule has 2 aliphatic rings. The summed E-state index contributed by atoms with van der Waals surface area (Å²) in [5.41, 5.74) is -0.901. The number of hydrogen-bond acceptors (Lipinski definition) is 5. The van der Waals surface area contributed by atoms with Gasteiger partial charge in [0.25, 0.3) is 15.9 Å². The lowest BCUT2D eigenvalue weighted by Crippen LogP contribution is -2.70. The quantitative estimate of drug-likeness (QED) is 0.721. The molecule has 1 unspecified atom stereocenters. The number of hydrogen-bond donors (Lipinski definition) is 1.